The molecule has 0 aliphatic carbocycles. The fraction of sp³-hybridized carbons (Fsp3) is 0. The predicted molar refractivity (Wildman–Crippen MR) is 329 cm³/mol. The lowest BCUT2D eigenvalue weighted by Crippen LogP contribution is -1.91. The van der Waals surface area contributed by atoms with E-state index < -0.39 is 0 Å². The first-order valence-corrected chi connectivity index (χ1v) is 26.6. The lowest BCUT2D eigenvalue weighted by Gasteiger charge is -2.18. The second-order valence-electron chi connectivity index (χ2n) is 20.7. The Kier molecular flexibility index (Phi) is 9.71. The zero-order valence-corrected chi connectivity index (χ0v) is 42.0. The van der Waals surface area contributed by atoms with Gasteiger partial charge in [0.25, 0.3) is 0 Å². The lowest BCUT2D eigenvalue weighted by molar-refractivity contribution is 0.670. The van der Waals surface area contributed by atoms with Gasteiger partial charge >= 0.3 is 0 Å². The Balaban J connectivity index is 0.760. The maximum absolute atomic E-state index is 6.66. The Morgan fingerprint density at radius 3 is 1.01 bits per heavy atom. The van der Waals surface area contributed by atoms with Crippen LogP contribution in [0.5, 0.6) is 0 Å². The highest BCUT2D eigenvalue weighted by Gasteiger charge is 2.21. The van der Waals surface area contributed by atoms with Crippen molar-refractivity contribution in [1.82, 2.24) is 0 Å². The topological polar surface area (TPSA) is 13.1 Å². The van der Waals surface area contributed by atoms with Crippen molar-refractivity contribution in [2.75, 3.05) is 0 Å². The number of hydrogen-bond acceptors (Lipinski definition) is 1. The number of hydrogen-bond donors (Lipinski definition) is 0. The maximum Gasteiger partial charge on any atom is 0.143 e. The second-order valence-corrected chi connectivity index (χ2v) is 20.7. The molecule has 0 saturated carbocycles. The molecule has 0 bridgehead atoms. The zero-order chi connectivity index (χ0) is 50.6. The smallest absolute Gasteiger partial charge is 0.143 e. The van der Waals surface area contributed by atoms with E-state index in [0.29, 0.717) is 0 Å². The number of rotatable bonds is 6. The van der Waals surface area contributed by atoms with E-state index >= 15 is 0 Å². The van der Waals surface area contributed by atoms with Crippen molar-refractivity contribution in [2.24, 2.45) is 0 Å². The minimum atomic E-state index is 0.907. The van der Waals surface area contributed by atoms with Crippen LogP contribution in [0, 0.1) is 0 Å². The summed E-state index contributed by atoms with van der Waals surface area (Å²) in [4.78, 5) is 0. The molecule has 1 aromatic heterocycles. The largest absolute Gasteiger partial charge is 0.455 e. The first-order valence-electron chi connectivity index (χ1n) is 26.6. The molecule has 0 spiro atoms. The Bertz CT molecular complexity index is 4980. The lowest BCUT2D eigenvalue weighted by atomic mass is 9.85. The van der Waals surface area contributed by atoms with Gasteiger partial charge in [0.15, 0.2) is 0 Å². The van der Waals surface area contributed by atoms with Crippen molar-refractivity contribution in [1.29, 1.82) is 0 Å². The van der Waals surface area contributed by atoms with E-state index in [9.17, 15) is 0 Å². The van der Waals surface area contributed by atoms with Gasteiger partial charge in [-0.3, -0.25) is 0 Å². The molecular formula is C76H46O. The SMILES string of the molecule is c1ccc2cc(-c3c4ccccc4c(-c4ccc(-c5ccc6ccc(-c7ccc8ccc(-c9c%10ccccc%10c(-c%10cccc%11c%10oc%10ccccc%10%11)c%10ccccc9%10)cc8c7)cc6c5)cc4)c4ccccc34)ccc2c1. The average Bonchev–Trinajstić information content (AvgIpc) is 3.93. The van der Waals surface area contributed by atoms with Gasteiger partial charge in [0.1, 0.15) is 11.2 Å². The summed E-state index contributed by atoms with van der Waals surface area (Å²) in [6.45, 7) is 0. The van der Waals surface area contributed by atoms with Gasteiger partial charge in [-0.1, -0.05) is 243 Å². The van der Waals surface area contributed by atoms with Crippen molar-refractivity contribution in [2.45, 2.75) is 0 Å². The van der Waals surface area contributed by atoms with Crippen LogP contribution >= 0.6 is 0 Å². The molecule has 0 saturated heterocycles. The molecule has 15 aromatic carbocycles. The molecule has 0 unspecified atom stereocenters. The number of furan rings is 1. The predicted octanol–water partition coefficient (Wildman–Crippen LogP) is 21.7. The number of fused-ring (bicyclic) bond motifs is 10. The third-order valence-corrected chi connectivity index (χ3v) is 16.4. The normalized spacial score (nSPS) is 11.9. The molecule has 356 valence electrons. The minimum Gasteiger partial charge on any atom is -0.455 e. The van der Waals surface area contributed by atoms with E-state index in [0.717, 1.165) is 27.5 Å². The van der Waals surface area contributed by atoms with E-state index in [1.165, 1.54) is 137 Å². The van der Waals surface area contributed by atoms with Crippen LogP contribution in [0.3, 0.4) is 0 Å². The van der Waals surface area contributed by atoms with Crippen molar-refractivity contribution in [3.63, 3.8) is 0 Å². The molecule has 0 aliphatic rings. The second kappa shape index (κ2) is 17.2. The first kappa shape index (κ1) is 43.3. The van der Waals surface area contributed by atoms with Gasteiger partial charge < -0.3 is 4.42 Å². The van der Waals surface area contributed by atoms with Gasteiger partial charge in [0, 0.05) is 21.9 Å². The monoisotopic (exact) mass is 974 g/mol. The molecular weight excluding hydrogens is 929 g/mol. The summed E-state index contributed by atoms with van der Waals surface area (Å²) in [5, 5.41) is 19.6. The third kappa shape index (κ3) is 6.95. The van der Waals surface area contributed by atoms with Crippen molar-refractivity contribution >= 4 is 97.3 Å². The van der Waals surface area contributed by atoms with E-state index in [1.54, 1.807) is 0 Å². The summed E-state index contributed by atoms with van der Waals surface area (Å²) in [5.41, 5.74) is 16.4. The minimum absolute atomic E-state index is 0.907. The fourth-order valence-corrected chi connectivity index (χ4v) is 12.8. The number of benzene rings is 15. The maximum atomic E-state index is 6.66. The summed E-state index contributed by atoms with van der Waals surface area (Å²) in [6.07, 6.45) is 0. The molecule has 1 heterocycles. The van der Waals surface area contributed by atoms with E-state index in [2.05, 4.69) is 273 Å². The molecule has 16 aromatic rings. The van der Waals surface area contributed by atoms with Gasteiger partial charge in [-0.2, -0.15) is 0 Å². The van der Waals surface area contributed by atoms with Gasteiger partial charge in [-0.15, -0.1) is 0 Å². The molecule has 1 nitrogen and oxygen atoms in total. The molecule has 0 radical (unpaired) electrons. The summed E-state index contributed by atoms with van der Waals surface area (Å²) >= 11 is 0. The summed E-state index contributed by atoms with van der Waals surface area (Å²) in [7, 11) is 0. The average molecular weight is 975 g/mol. The fourth-order valence-electron chi connectivity index (χ4n) is 12.8. The van der Waals surface area contributed by atoms with Crippen LogP contribution in [-0.2, 0) is 0 Å². The van der Waals surface area contributed by atoms with E-state index in [1.807, 2.05) is 6.07 Å². The van der Waals surface area contributed by atoms with Crippen molar-refractivity contribution in [3.8, 4) is 66.8 Å². The first-order chi connectivity index (χ1) is 38.2. The van der Waals surface area contributed by atoms with Crippen LogP contribution in [0.4, 0.5) is 0 Å². The van der Waals surface area contributed by atoms with Gasteiger partial charge in [-0.25, -0.2) is 0 Å². The van der Waals surface area contributed by atoms with Crippen molar-refractivity contribution < 1.29 is 4.42 Å². The van der Waals surface area contributed by atoms with E-state index in [4.69, 9.17) is 4.42 Å². The quantitative estimate of drug-likeness (QED) is 0.151. The Hall–Kier alpha value is -10.1. The van der Waals surface area contributed by atoms with Gasteiger partial charge in [0.05, 0.1) is 0 Å². The van der Waals surface area contributed by atoms with Gasteiger partial charge in [-0.05, 0) is 167 Å². The standard InChI is InChI=1S/C76H46O/c1-2-15-52-42-56(40-33-47(52)14-1)73-63-19-5-3-17-61(63)72(62-18-4-6-20-64(62)73)51-35-28-48(29-36-51)53-37-30-49-31-38-54(44-58(49)43-53)55-39-32-50-34-41-57(46-59(50)45-55)74-65-21-7-9-23-67(65)75(68-24-10-8-22-66(68)74)70-26-13-25-69-60-16-11-12-27-71(60)77-76(69)70/h1-46H. The van der Waals surface area contributed by atoms with Crippen LogP contribution in [-0.4, -0.2) is 0 Å². The summed E-state index contributed by atoms with van der Waals surface area (Å²) in [6, 6.07) is 103. The number of para-hydroxylation sites is 2. The molecule has 0 amide bonds. The molecule has 77 heavy (non-hydrogen) atoms. The van der Waals surface area contributed by atoms with Crippen LogP contribution < -0.4 is 0 Å². The molecule has 1 heteroatoms. The van der Waals surface area contributed by atoms with Crippen LogP contribution in [0.15, 0.2) is 283 Å². The van der Waals surface area contributed by atoms with E-state index in [-0.39, 0.29) is 0 Å². The van der Waals surface area contributed by atoms with Gasteiger partial charge in [0.2, 0.25) is 0 Å². The third-order valence-electron chi connectivity index (χ3n) is 16.4. The molecule has 0 fully saturated rings. The molecule has 0 aliphatic heterocycles. The zero-order valence-electron chi connectivity index (χ0n) is 42.0. The highest BCUT2D eigenvalue weighted by Crippen LogP contribution is 2.48. The Morgan fingerprint density at radius 2 is 0.506 bits per heavy atom. The van der Waals surface area contributed by atoms with Crippen LogP contribution in [0.25, 0.3) is 164 Å². The highest BCUT2D eigenvalue weighted by molar-refractivity contribution is 6.25. The van der Waals surface area contributed by atoms with Crippen LogP contribution in [0.2, 0.25) is 0 Å². The Labute approximate surface area is 445 Å². The summed E-state index contributed by atoms with van der Waals surface area (Å²) in [5.74, 6) is 0. The Morgan fingerprint density at radius 1 is 0.182 bits per heavy atom. The van der Waals surface area contributed by atoms with Crippen molar-refractivity contribution in [3.05, 3.63) is 279 Å². The molecule has 0 N–H and O–H groups in total. The highest BCUT2D eigenvalue weighted by atomic mass is 16.3. The summed E-state index contributed by atoms with van der Waals surface area (Å²) < 4.78 is 6.66. The molecule has 0 atom stereocenters. The van der Waals surface area contributed by atoms with Crippen LogP contribution in [0.1, 0.15) is 0 Å². The molecule has 16 rings (SSSR count).